The van der Waals surface area contributed by atoms with Gasteiger partial charge in [0.05, 0.1) is 18.5 Å². The van der Waals surface area contributed by atoms with Gasteiger partial charge in [0.25, 0.3) is 5.91 Å². The van der Waals surface area contributed by atoms with Crippen LogP contribution in [0.15, 0.2) is 36.4 Å². The van der Waals surface area contributed by atoms with Crippen molar-refractivity contribution in [2.75, 3.05) is 18.2 Å². The summed E-state index contributed by atoms with van der Waals surface area (Å²) in [6.07, 6.45) is 0. The average molecular weight is 272 g/mol. The summed E-state index contributed by atoms with van der Waals surface area (Å²) >= 11 is 0. The minimum absolute atomic E-state index is 0.158. The average Bonchev–Trinajstić information content (AvgIpc) is 2.43. The number of ether oxygens (including phenoxy) is 1. The van der Waals surface area contributed by atoms with Crippen LogP contribution in [-0.4, -0.2) is 18.1 Å². The molecule has 0 fully saturated rings. The molecule has 0 aliphatic rings. The molecule has 0 bridgehead atoms. The number of carbonyl (C=O) groups excluding carboxylic acids is 1. The third-order valence-electron chi connectivity index (χ3n) is 2.97. The zero-order valence-electron chi connectivity index (χ0n) is 11.3. The van der Waals surface area contributed by atoms with Crippen LogP contribution in [0, 0.1) is 6.92 Å². The van der Waals surface area contributed by atoms with E-state index in [4.69, 9.17) is 10.5 Å². The van der Waals surface area contributed by atoms with Crippen molar-refractivity contribution >= 4 is 17.3 Å². The molecule has 0 aliphatic heterocycles. The van der Waals surface area contributed by atoms with Gasteiger partial charge in [0.15, 0.2) is 0 Å². The van der Waals surface area contributed by atoms with Crippen LogP contribution >= 0.6 is 0 Å². The number of methoxy groups -OCH3 is 1. The third-order valence-corrected chi connectivity index (χ3v) is 2.97. The van der Waals surface area contributed by atoms with E-state index in [1.807, 2.05) is 0 Å². The lowest BCUT2D eigenvalue weighted by atomic mass is 10.1. The molecule has 5 nitrogen and oxygen atoms in total. The smallest absolute Gasteiger partial charge is 0.255 e. The van der Waals surface area contributed by atoms with Gasteiger partial charge >= 0.3 is 0 Å². The van der Waals surface area contributed by atoms with Crippen molar-refractivity contribution < 1.29 is 14.6 Å². The maximum absolute atomic E-state index is 12.1. The Labute approximate surface area is 117 Å². The van der Waals surface area contributed by atoms with Gasteiger partial charge in [-0.25, -0.2) is 0 Å². The Kier molecular flexibility index (Phi) is 3.79. The Balaban J connectivity index is 2.21. The first-order chi connectivity index (χ1) is 9.51. The molecule has 0 aromatic heterocycles. The number of rotatable bonds is 3. The largest absolute Gasteiger partial charge is 0.508 e. The maximum Gasteiger partial charge on any atom is 0.255 e. The molecule has 2 aromatic carbocycles. The standard InChI is InChI=1S/C15H16N2O3/c1-9-7-10(3-6-14(9)18)15(19)17-13-5-4-11(20-2)8-12(13)16/h3-8,18H,16H2,1-2H3,(H,17,19). The molecule has 1 amide bonds. The Morgan fingerprint density at radius 2 is 2.00 bits per heavy atom. The van der Waals surface area contributed by atoms with Crippen LogP contribution in [0.2, 0.25) is 0 Å². The van der Waals surface area contributed by atoms with Crippen LogP contribution in [0.25, 0.3) is 0 Å². The molecule has 2 aromatic rings. The Morgan fingerprint density at radius 3 is 2.60 bits per heavy atom. The van der Waals surface area contributed by atoms with Crippen LogP contribution < -0.4 is 15.8 Å². The van der Waals surface area contributed by atoms with Crippen molar-refractivity contribution in [3.63, 3.8) is 0 Å². The van der Waals surface area contributed by atoms with E-state index in [0.717, 1.165) is 0 Å². The zero-order valence-corrected chi connectivity index (χ0v) is 11.3. The highest BCUT2D eigenvalue weighted by molar-refractivity contribution is 6.06. The Morgan fingerprint density at radius 1 is 1.25 bits per heavy atom. The number of hydrogen-bond donors (Lipinski definition) is 3. The first-order valence-corrected chi connectivity index (χ1v) is 6.05. The van der Waals surface area contributed by atoms with Crippen molar-refractivity contribution in [2.45, 2.75) is 6.92 Å². The van der Waals surface area contributed by atoms with Crippen molar-refractivity contribution in [2.24, 2.45) is 0 Å². The molecule has 0 unspecified atom stereocenters. The van der Waals surface area contributed by atoms with E-state index in [1.165, 1.54) is 6.07 Å². The number of hydrogen-bond acceptors (Lipinski definition) is 4. The number of amides is 1. The summed E-state index contributed by atoms with van der Waals surface area (Å²) < 4.78 is 5.05. The number of phenolic OH excluding ortho intramolecular Hbond substituents is 1. The quantitative estimate of drug-likeness (QED) is 0.750. The van der Waals surface area contributed by atoms with Crippen LogP contribution in [0.5, 0.6) is 11.5 Å². The van der Waals surface area contributed by atoms with Crippen LogP contribution in [-0.2, 0) is 0 Å². The molecule has 2 rings (SSSR count). The maximum atomic E-state index is 12.1. The number of aryl methyl sites for hydroxylation is 1. The molecule has 0 aliphatic carbocycles. The number of benzene rings is 2. The Hall–Kier alpha value is -2.69. The fourth-order valence-corrected chi connectivity index (χ4v) is 1.77. The Bertz CT molecular complexity index is 654. The molecule has 20 heavy (non-hydrogen) atoms. The lowest BCUT2D eigenvalue weighted by Gasteiger charge is -2.10. The van der Waals surface area contributed by atoms with E-state index in [2.05, 4.69) is 5.32 Å². The zero-order chi connectivity index (χ0) is 14.7. The molecule has 0 heterocycles. The predicted octanol–water partition coefficient (Wildman–Crippen LogP) is 2.54. The van der Waals surface area contributed by atoms with E-state index in [1.54, 1.807) is 44.4 Å². The minimum atomic E-state index is -0.287. The highest BCUT2D eigenvalue weighted by Gasteiger charge is 2.10. The van der Waals surface area contributed by atoms with E-state index in [9.17, 15) is 9.90 Å². The molecule has 0 spiro atoms. The lowest BCUT2D eigenvalue weighted by molar-refractivity contribution is 0.102. The minimum Gasteiger partial charge on any atom is -0.508 e. The topological polar surface area (TPSA) is 84.6 Å². The van der Waals surface area contributed by atoms with Gasteiger partial charge in [-0.05, 0) is 42.8 Å². The molecule has 4 N–H and O–H groups in total. The monoisotopic (exact) mass is 272 g/mol. The van der Waals surface area contributed by atoms with Crippen molar-refractivity contribution in [3.8, 4) is 11.5 Å². The van der Waals surface area contributed by atoms with Gasteiger partial charge < -0.3 is 20.9 Å². The van der Waals surface area contributed by atoms with Gasteiger partial charge in [-0.1, -0.05) is 0 Å². The fourth-order valence-electron chi connectivity index (χ4n) is 1.77. The number of nitrogens with one attached hydrogen (secondary N) is 1. The van der Waals surface area contributed by atoms with Crippen molar-refractivity contribution in [1.29, 1.82) is 0 Å². The van der Waals surface area contributed by atoms with E-state index < -0.39 is 0 Å². The van der Waals surface area contributed by atoms with Gasteiger partial charge in [-0.3, -0.25) is 4.79 Å². The summed E-state index contributed by atoms with van der Waals surface area (Å²) in [4.78, 5) is 12.1. The predicted molar refractivity (Wildman–Crippen MR) is 78.2 cm³/mol. The molecular formula is C15H16N2O3. The first-order valence-electron chi connectivity index (χ1n) is 6.05. The van der Waals surface area contributed by atoms with Gasteiger partial charge in [0.2, 0.25) is 0 Å². The number of carbonyl (C=O) groups is 1. The third kappa shape index (κ3) is 2.83. The van der Waals surface area contributed by atoms with E-state index in [-0.39, 0.29) is 11.7 Å². The van der Waals surface area contributed by atoms with Gasteiger partial charge in [0.1, 0.15) is 11.5 Å². The summed E-state index contributed by atoms with van der Waals surface area (Å²) in [5, 5.41) is 12.2. The summed E-state index contributed by atoms with van der Waals surface area (Å²) in [6, 6.07) is 9.69. The van der Waals surface area contributed by atoms with Gasteiger partial charge in [-0.2, -0.15) is 0 Å². The van der Waals surface area contributed by atoms with E-state index >= 15 is 0 Å². The number of nitrogen functional groups attached to an aromatic ring is 1. The summed E-state index contributed by atoms with van der Waals surface area (Å²) in [6.45, 7) is 1.73. The second-order valence-electron chi connectivity index (χ2n) is 4.41. The second-order valence-corrected chi connectivity index (χ2v) is 4.41. The molecule has 0 atom stereocenters. The van der Waals surface area contributed by atoms with Crippen LogP contribution in [0.3, 0.4) is 0 Å². The molecule has 0 saturated carbocycles. The van der Waals surface area contributed by atoms with Crippen molar-refractivity contribution in [3.05, 3.63) is 47.5 Å². The number of nitrogens with two attached hydrogens (primary N) is 1. The molecule has 0 saturated heterocycles. The van der Waals surface area contributed by atoms with E-state index in [0.29, 0.717) is 28.3 Å². The van der Waals surface area contributed by atoms with Crippen LogP contribution in [0.1, 0.15) is 15.9 Å². The molecular weight excluding hydrogens is 256 g/mol. The summed E-state index contributed by atoms with van der Waals surface area (Å²) in [5.74, 6) is 0.497. The molecule has 0 radical (unpaired) electrons. The first kappa shape index (κ1) is 13.7. The second kappa shape index (κ2) is 5.52. The normalized spacial score (nSPS) is 10.1. The number of phenols is 1. The number of aromatic hydroxyl groups is 1. The highest BCUT2D eigenvalue weighted by Crippen LogP contribution is 2.25. The van der Waals surface area contributed by atoms with Crippen LogP contribution in [0.4, 0.5) is 11.4 Å². The van der Waals surface area contributed by atoms with Gasteiger partial charge in [-0.15, -0.1) is 0 Å². The highest BCUT2D eigenvalue weighted by atomic mass is 16.5. The SMILES string of the molecule is COc1ccc(NC(=O)c2ccc(O)c(C)c2)c(N)c1. The van der Waals surface area contributed by atoms with Crippen molar-refractivity contribution in [1.82, 2.24) is 0 Å². The fraction of sp³-hybridized carbons (Fsp3) is 0.133. The lowest BCUT2D eigenvalue weighted by Crippen LogP contribution is -2.13. The summed E-state index contributed by atoms with van der Waals surface area (Å²) in [5.41, 5.74) is 7.88. The van der Waals surface area contributed by atoms with Gasteiger partial charge in [0, 0.05) is 11.6 Å². The molecule has 5 heteroatoms. The summed E-state index contributed by atoms with van der Waals surface area (Å²) in [7, 11) is 1.55. The molecule has 104 valence electrons. The number of anilines is 2.